The standard InChI is InChI=1S/C19H26FN/c20-17-11-9-16(10-12-17)19(15-6-2-1-3-7-15)14-18-8-4-5-13-21-18/h4-5,8,13-17H,1-3,6-7,9-12H2. The van der Waals surface area contributed by atoms with E-state index in [0.717, 1.165) is 31.4 Å². The van der Waals surface area contributed by atoms with Crippen LogP contribution in [-0.2, 0) is 0 Å². The van der Waals surface area contributed by atoms with Crippen LogP contribution < -0.4 is 0 Å². The summed E-state index contributed by atoms with van der Waals surface area (Å²) in [4.78, 5) is 4.47. The second-order valence-corrected chi connectivity index (χ2v) is 6.68. The van der Waals surface area contributed by atoms with Gasteiger partial charge in [-0.05, 0) is 68.6 Å². The molecular weight excluding hydrogens is 261 g/mol. The number of alkyl halides is 1. The van der Waals surface area contributed by atoms with E-state index < -0.39 is 6.17 Å². The summed E-state index contributed by atoms with van der Waals surface area (Å²) >= 11 is 0. The fraction of sp³-hybridized carbons (Fsp3) is 0.632. The molecule has 0 spiro atoms. The first-order valence-electron chi connectivity index (χ1n) is 8.59. The van der Waals surface area contributed by atoms with E-state index in [4.69, 9.17) is 0 Å². The maximum absolute atomic E-state index is 13.5. The SMILES string of the molecule is FC1CCC(C(=Cc2ccccn2)C2CCCCC2)CC1. The van der Waals surface area contributed by atoms with Gasteiger partial charge < -0.3 is 0 Å². The van der Waals surface area contributed by atoms with Crippen LogP contribution in [-0.4, -0.2) is 11.2 Å². The van der Waals surface area contributed by atoms with Crippen LogP contribution in [0.25, 0.3) is 6.08 Å². The third-order valence-corrected chi connectivity index (χ3v) is 5.21. The van der Waals surface area contributed by atoms with Crippen molar-refractivity contribution in [1.29, 1.82) is 0 Å². The Hall–Kier alpha value is -1.18. The van der Waals surface area contributed by atoms with E-state index in [9.17, 15) is 4.39 Å². The summed E-state index contributed by atoms with van der Waals surface area (Å²) in [5, 5.41) is 0. The van der Waals surface area contributed by atoms with Gasteiger partial charge in [-0.25, -0.2) is 4.39 Å². The first kappa shape index (κ1) is 14.7. The van der Waals surface area contributed by atoms with Gasteiger partial charge in [0.2, 0.25) is 0 Å². The predicted octanol–water partition coefficient (Wildman–Crippen LogP) is 5.57. The van der Waals surface area contributed by atoms with Crippen LogP contribution >= 0.6 is 0 Å². The number of hydrogen-bond acceptors (Lipinski definition) is 1. The van der Waals surface area contributed by atoms with Crippen LogP contribution in [0.1, 0.15) is 63.5 Å². The Morgan fingerprint density at radius 1 is 0.952 bits per heavy atom. The number of aromatic nitrogens is 1. The number of allylic oxidation sites excluding steroid dienone is 1. The maximum Gasteiger partial charge on any atom is 0.100 e. The summed E-state index contributed by atoms with van der Waals surface area (Å²) in [5.41, 5.74) is 2.64. The predicted molar refractivity (Wildman–Crippen MR) is 85.6 cm³/mol. The summed E-state index contributed by atoms with van der Waals surface area (Å²) in [6.45, 7) is 0. The fourth-order valence-corrected chi connectivity index (χ4v) is 4.02. The molecule has 0 amide bonds. The Balaban J connectivity index is 1.81. The summed E-state index contributed by atoms with van der Waals surface area (Å²) in [7, 11) is 0. The largest absolute Gasteiger partial charge is 0.257 e. The zero-order valence-electron chi connectivity index (χ0n) is 12.8. The van der Waals surface area contributed by atoms with Crippen molar-refractivity contribution in [1.82, 2.24) is 4.98 Å². The molecule has 2 aliphatic carbocycles. The lowest BCUT2D eigenvalue weighted by molar-refractivity contribution is 0.212. The molecule has 114 valence electrons. The van der Waals surface area contributed by atoms with Crippen molar-refractivity contribution in [3.8, 4) is 0 Å². The highest BCUT2D eigenvalue weighted by molar-refractivity contribution is 5.50. The van der Waals surface area contributed by atoms with E-state index in [-0.39, 0.29) is 0 Å². The summed E-state index contributed by atoms with van der Waals surface area (Å²) in [6.07, 6.45) is 13.9. The second kappa shape index (κ2) is 7.20. The van der Waals surface area contributed by atoms with Crippen molar-refractivity contribution in [3.63, 3.8) is 0 Å². The van der Waals surface area contributed by atoms with Crippen molar-refractivity contribution in [2.45, 2.75) is 64.0 Å². The minimum atomic E-state index is -0.566. The smallest absolute Gasteiger partial charge is 0.100 e. The van der Waals surface area contributed by atoms with Crippen molar-refractivity contribution in [3.05, 3.63) is 35.7 Å². The summed E-state index contributed by atoms with van der Waals surface area (Å²) < 4.78 is 13.5. The molecule has 21 heavy (non-hydrogen) atoms. The van der Waals surface area contributed by atoms with E-state index in [0.29, 0.717) is 11.8 Å². The zero-order valence-corrected chi connectivity index (χ0v) is 12.8. The van der Waals surface area contributed by atoms with Crippen LogP contribution in [0.2, 0.25) is 0 Å². The first-order valence-corrected chi connectivity index (χ1v) is 8.59. The third-order valence-electron chi connectivity index (χ3n) is 5.21. The molecule has 0 saturated heterocycles. The molecule has 2 aliphatic rings. The highest BCUT2D eigenvalue weighted by atomic mass is 19.1. The van der Waals surface area contributed by atoms with Crippen molar-refractivity contribution < 1.29 is 4.39 Å². The Kier molecular flexibility index (Phi) is 5.05. The van der Waals surface area contributed by atoms with Gasteiger partial charge >= 0.3 is 0 Å². The molecule has 0 bridgehead atoms. The monoisotopic (exact) mass is 287 g/mol. The summed E-state index contributed by atoms with van der Waals surface area (Å²) in [5.74, 6) is 1.30. The van der Waals surface area contributed by atoms with Gasteiger partial charge in [0, 0.05) is 6.20 Å². The zero-order chi connectivity index (χ0) is 14.5. The Morgan fingerprint density at radius 3 is 2.33 bits per heavy atom. The van der Waals surface area contributed by atoms with E-state index in [1.54, 1.807) is 5.57 Å². The Labute approximate surface area is 127 Å². The minimum Gasteiger partial charge on any atom is -0.257 e. The van der Waals surface area contributed by atoms with Gasteiger partial charge in [0.25, 0.3) is 0 Å². The van der Waals surface area contributed by atoms with Gasteiger partial charge in [-0.1, -0.05) is 30.9 Å². The fourth-order valence-electron chi connectivity index (χ4n) is 4.02. The molecule has 0 radical (unpaired) electrons. The molecule has 1 nitrogen and oxygen atoms in total. The number of pyridine rings is 1. The highest BCUT2D eigenvalue weighted by Gasteiger charge is 2.28. The minimum absolute atomic E-state index is 0.566. The quantitative estimate of drug-likeness (QED) is 0.708. The van der Waals surface area contributed by atoms with Crippen LogP contribution in [0.3, 0.4) is 0 Å². The van der Waals surface area contributed by atoms with E-state index in [1.165, 1.54) is 32.1 Å². The first-order chi connectivity index (χ1) is 10.3. The Bertz CT molecular complexity index is 454. The highest BCUT2D eigenvalue weighted by Crippen LogP contribution is 2.40. The van der Waals surface area contributed by atoms with Crippen molar-refractivity contribution in [2.24, 2.45) is 11.8 Å². The normalized spacial score (nSPS) is 28.5. The molecule has 3 rings (SSSR count). The van der Waals surface area contributed by atoms with Gasteiger partial charge in [0.05, 0.1) is 5.69 Å². The lowest BCUT2D eigenvalue weighted by atomic mass is 9.73. The second-order valence-electron chi connectivity index (χ2n) is 6.68. The van der Waals surface area contributed by atoms with E-state index >= 15 is 0 Å². The van der Waals surface area contributed by atoms with Crippen molar-refractivity contribution in [2.75, 3.05) is 0 Å². The maximum atomic E-state index is 13.5. The van der Waals surface area contributed by atoms with Gasteiger partial charge in [0.15, 0.2) is 0 Å². The lowest BCUT2D eigenvalue weighted by Gasteiger charge is -2.33. The molecule has 2 saturated carbocycles. The Morgan fingerprint density at radius 2 is 1.67 bits per heavy atom. The molecule has 2 fully saturated rings. The third kappa shape index (κ3) is 3.93. The number of halogens is 1. The molecular formula is C19H26FN. The molecule has 0 atom stereocenters. The average molecular weight is 287 g/mol. The molecule has 0 unspecified atom stereocenters. The molecule has 0 aliphatic heterocycles. The van der Waals surface area contributed by atoms with Gasteiger partial charge in [-0.3, -0.25) is 4.98 Å². The van der Waals surface area contributed by atoms with Gasteiger partial charge in [-0.15, -0.1) is 0 Å². The van der Waals surface area contributed by atoms with E-state index in [1.807, 2.05) is 12.3 Å². The molecule has 0 aromatic carbocycles. The molecule has 1 aromatic rings. The molecule has 0 N–H and O–H groups in total. The molecule has 2 heteroatoms. The molecule has 1 heterocycles. The van der Waals surface area contributed by atoms with Crippen LogP contribution in [0, 0.1) is 11.8 Å². The van der Waals surface area contributed by atoms with Crippen LogP contribution in [0.4, 0.5) is 4.39 Å². The number of nitrogens with zero attached hydrogens (tertiary/aromatic N) is 1. The number of rotatable bonds is 3. The number of hydrogen-bond donors (Lipinski definition) is 0. The lowest BCUT2D eigenvalue weighted by Crippen LogP contribution is -2.22. The van der Waals surface area contributed by atoms with Gasteiger partial charge in [-0.2, -0.15) is 0 Å². The topological polar surface area (TPSA) is 12.9 Å². The van der Waals surface area contributed by atoms with Gasteiger partial charge in [0.1, 0.15) is 6.17 Å². The van der Waals surface area contributed by atoms with Crippen molar-refractivity contribution >= 4 is 6.08 Å². The summed E-state index contributed by atoms with van der Waals surface area (Å²) in [6, 6.07) is 6.10. The van der Waals surface area contributed by atoms with Crippen LogP contribution in [0.5, 0.6) is 0 Å². The molecule has 1 aromatic heterocycles. The van der Waals surface area contributed by atoms with E-state index in [2.05, 4.69) is 23.2 Å². The average Bonchev–Trinajstić information content (AvgIpc) is 2.55. The van der Waals surface area contributed by atoms with Crippen LogP contribution in [0.15, 0.2) is 30.0 Å².